The Bertz CT molecular complexity index is 795. The van der Waals surface area contributed by atoms with Crippen molar-refractivity contribution in [2.24, 2.45) is 52.8 Å². The first kappa shape index (κ1) is 31.0. The molecular weight excluding hydrogens is 494 g/mol. The van der Waals surface area contributed by atoms with Gasteiger partial charge >= 0.3 is 0 Å². The summed E-state index contributed by atoms with van der Waals surface area (Å²) in [7, 11) is 0. The van der Waals surface area contributed by atoms with Crippen LogP contribution in [0.5, 0.6) is 0 Å². The van der Waals surface area contributed by atoms with Gasteiger partial charge in [0.2, 0.25) is 0 Å². The van der Waals surface area contributed by atoms with E-state index in [0.29, 0.717) is 5.41 Å². The summed E-state index contributed by atoms with van der Waals surface area (Å²) in [5, 5.41) is 0. The van der Waals surface area contributed by atoms with Gasteiger partial charge in [0.25, 0.3) is 0 Å². The van der Waals surface area contributed by atoms with Crippen LogP contribution in [-0.2, 0) is 0 Å². The SMILES string of the molecule is CCC(CC1CCCC1C1(C)CC2CCCC2C(C)C2CCCC21)N(C1CCCCCCCCC1)C1CCC(C)C1. The Labute approximate surface area is 257 Å². The molecule has 0 spiro atoms. The van der Waals surface area contributed by atoms with Crippen LogP contribution in [0.1, 0.15) is 182 Å². The molecule has 6 saturated carbocycles. The van der Waals surface area contributed by atoms with Gasteiger partial charge in [-0.15, -0.1) is 0 Å². The highest BCUT2D eigenvalue weighted by Gasteiger charge is 2.56. The highest BCUT2D eigenvalue weighted by molar-refractivity contribution is 5.06. The summed E-state index contributed by atoms with van der Waals surface area (Å²) in [6, 6.07) is 2.60. The number of hydrogen-bond acceptors (Lipinski definition) is 1. The van der Waals surface area contributed by atoms with E-state index in [1.54, 1.807) is 51.4 Å². The summed E-state index contributed by atoms with van der Waals surface area (Å²) in [4.78, 5) is 3.28. The number of rotatable bonds is 7. The van der Waals surface area contributed by atoms with Crippen LogP contribution < -0.4 is 0 Å². The van der Waals surface area contributed by atoms with Crippen molar-refractivity contribution >= 4 is 0 Å². The zero-order chi connectivity index (χ0) is 28.4. The Morgan fingerprint density at radius 2 is 1.29 bits per heavy atom. The highest BCUT2D eigenvalue weighted by Crippen LogP contribution is 2.64. The van der Waals surface area contributed by atoms with E-state index in [1.165, 1.54) is 103 Å². The average molecular weight is 566 g/mol. The molecule has 0 bridgehead atoms. The van der Waals surface area contributed by atoms with E-state index in [1.807, 2.05) is 0 Å². The lowest BCUT2D eigenvalue weighted by Gasteiger charge is -2.49. The van der Waals surface area contributed by atoms with Gasteiger partial charge in [0, 0.05) is 18.1 Å². The van der Waals surface area contributed by atoms with Gasteiger partial charge in [-0.3, -0.25) is 4.90 Å². The zero-order valence-corrected chi connectivity index (χ0v) is 28.3. The predicted molar refractivity (Wildman–Crippen MR) is 177 cm³/mol. The molecule has 0 aromatic carbocycles. The van der Waals surface area contributed by atoms with Crippen LogP contribution in [0.4, 0.5) is 0 Å². The van der Waals surface area contributed by atoms with Gasteiger partial charge in [0.15, 0.2) is 0 Å². The van der Waals surface area contributed by atoms with Gasteiger partial charge < -0.3 is 0 Å². The summed E-state index contributed by atoms with van der Waals surface area (Å²) in [5.41, 5.74) is 0.627. The molecule has 6 rings (SSSR count). The number of fused-ring (bicyclic) bond motifs is 2. The molecule has 11 unspecified atom stereocenters. The van der Waals surface area contributed by atoms with E-state index >= 15 is 0 Å². The lowest BCUT2D eigenvalue weighted by Crippen LogP contribution is -2.50. The van der Waals surface area contributed by atoms with Crippen molar-refractivity contribution in [1.29, 1.82) is 0 Å². The molecule has 0 aromatic rings. The fourth-order valence-electron chi connectivity index (χ4n) is 13.4. The largest absolute Gasteiger partial charge is 0.294 e. The molecule has 6 fully saturated rings. The Morgan fingerprint density at radius 3 is 2.00 bits per heavy atom. The summed E-state index contributed by atoms with van der Waals surface area (Å²) in [6.07, 6.45) is 36.5. The van der Waals surface area contributed by atoms with Gasteiger partial charge in [0.05, 0.1) is 0 Å². The molecule has 41 heavy (non-hydrogen) atoms. The summed E-state index contributed by atoms with van der Waals surface area (Å²) in [5.74, 6) is 8.19. The molecule has 1 heteroatoms. The number of nitrogens with zero attached hydrogens (tertiary/aromatic N) is 1. The van der Waals surface area contributed by atoms with E-state index in [9.17, 15) is 0 Å². The van der Waals surface area contributed by atoms with Crippen molar-refractivity contribution in [3.05, 3.63) is 0 Å². The lowest BCUT2D eigenvalue weighted by atomic mass is 9.58. The maximum Gasteiger partial charge on any atom is 0.0104 e. The molecule has 236 valence electrons. The van der Waals surface area contributed by atoms with Crippen LogP contribution in [0.2, 0.25) is 0 Å². The summed E-state index contributed by atoms with van der Waals surface area (Å²) >= 11 is 0. The fraction of sp³-hybridized carbons (Fsp3) is 1.00. The van der Waals surface area contributed by atoms with Crippen LogP contribution in [0.3, 0.4) is 0 Å². The second kappa shape index (κ2) is 13.9. The Kier molecular flexibility index (Phi) is 10.5. The molecular formula is C40H71N. The molecule has 0 heterocycles. The normalized spacial score (nSPS) is 45.4. The monoisotopic (exact) mass is 566 g/mol. The van der Waals surface area contributed by atoms with Crippen LogP contribution in [-0.4, -0.2) is 23.0 Å². The van der Waals surface area contributed by atoms with E-state index < -0.39 is 0 Å². The highest BCUT2D eigenvalue weighted by atomic mass is 15.2. The second-order valence-electron chi connectivity index (χ2n) is 17.4. The molecule has 0 aliphatic heterocycles. The first-order valence-electron chi connectivity index (χ1n) is 19.8. The molecule has 0 saturated heterocycles. The summed E-state index contributed by atoms with van der Waals surface area (Å²) < 4.78 is 0. The van der Waals surface area contributed by atoms with Gasteiger partial charge in [-0.05, 0) is 130 Å². The molecule has 0 amide bonds. The van der Waals surface area contributed by atoms with Gasteiger partial charge in [-0.1, -0.05) is 105 Å². The molecule has 6 aliphatic rings. The van der Waals surface area contributed by atoms with Crippen molar-refractivity contribution in [1.82, 2.24) is 4.90 Å². The molecule has 11 atom stereocenters. The standard InChI is InChI=1S/C40H71N/c1-5-33(41(35-25-24-29(2)26-35)34-18-11-9-7-6-8-10-12-19-34)27-31-16-14-22-38(31)40(4)28-32-17-13-20-36(32)30(3)37-21-15-23-39(37)40/h29-39H,5-28H2,1-4H3. The van der Waals surface area contributed by atoms with Crippen molar-refractivity contribution in [3.63, 3.8) is 0 Å². The predicted octanol–water partition coefficient (Wildman–Crippen LogP) is 11.8. The molecule has 6 aliphatic carbocycles. The fourth-order valence-corrected chi connectivity index (χ4v) is 13.4. The van der Waals surface area contributed by atoms with Crippen molar-refractivity contribution in [2.45, 2.75) is 200 Å². The van der Waals surface area contributed by atoms with Crippen molar-refractivity contribution < 1.29 is 0 Å². The zero-order valence-electron chi connectivity index (χ0n) is 28.3. The van der Waals surface area contributed by atoms with E-state index in [0.717, 1.165) is 65.5 Å². The third-order valence-corrected chi connectivity index (χ3v) is 15.2. The Balaban J connectivity index is 1.24. The average Bonchev–Trinajstić information content (AvgIpc) is 3.78. The third kappa shape index (κ3) is 6.52. The molecule has 0 radical (unpaired) electrons. The minimum Gasteiger partial charge on any atom is -0.294 e. The number of hydrogen-bond donors (Lipinski definition) is 0. The second-order valence-corrected chi connectivity index (χ2v) is 17.4. The van der Waals surface area contributed by atoms with Crippen LogP contribution in [0.25, 0.3) is 0 Å². The maximum absolute atomic E-state index is 3.28. The minimum absolute atomic E-state index is 0.627. The molecule has 1 nitrogen and oxygen atoms in total. The smallest absolute Gasteiger partial charge is 0.0104 e. The first-order valence-corrected chi connectivity index (χ1v) is 19.8. The first-order chi connectivity index (χ1) is 20.0. The van der Waals surface area contributed by atoms with E-state index in [2.05, 4.69) is 32.6 Å². The van der Waals surface area contributed by atoms with Gasteiger partial charge in [-0.2, -0.15) is 0 Å². The lowest BCUT2D eigenvalue weighted by molar-refractivity contribution is 0.00143. The van der Waals surface area contributed by atoms with E-state index in [4.69, 9.17) is 0 Å². The quantitative estimate of drug-likeness (QED) is 0.297. The Morgan fingerprint density at radius 1 is 0.634 bits per heavy atom. The van der Waals surface area contributed by atoms with Gasteiger partial charge in [0.1, 0.15) is 0 Å². The minimum atomic E-state index is 0.627. The van der Waals surface area contributed by atoms with Gasteiger partial charge in [-0.25, -0.2) is 0 Å². The summed E-state index contributed by atoms with van der Waals surface area (Å²) in [6.45, 7) is 10.8. The van der Waals surface area contributed by atoms with Crippen molar-refractivity contribution in [3.8, 4) is 0 Å². The topological polar surface area (TPSA) is 3.24 Å². The van der Waals surface area contributed by atoms with E-state index in [-0.39, 0.29) is 0 Å². The van der Waals surface area contributed by atoms with Crippen molar-refractivity contribution in [2.75, 3.05) is 0 Å². The van der Waals surface area contributed by atoms with Crippen LogP contribution in [0, 0.1) is 52.8 Å². The molecule has 0 aromatic heterocycles. The molecule has 0 N–H and O–H groups in total. The van der Waals surface area contributed by atoms with Crippen LogP contribution >= 0.6 is 0 Å². The maximum atomic E-state index is 3.28. The third-order valence-electron chi connectivity index (χ3n) is 15.2. The van der Waals surface area contributed by atoms with Crippen LogP contribution in [0.15, 0.2) is 0 Å². The Hall–Kier alpha value is -0.0400.